The van der Waals surface area contributed by atoms with E-state index in [9.17, 15) is 9.18 Å². The van der Waals surface area contributed by atoms with Gasteiger partial charge >= 0.3 is 0 Å². The minimum atomic E-state index is -0.314. The maximum atomic E-state index is 13.1. The SMILES string of the molecule is O=C(c1csc(-c2ccccc2)n1)N1CCCC(c2nc(-c3ccc(F)cc3)no2)C1. The van der Waals surface area contributed by atoms with Crippen LogP contribution in [0.1, 0.15) is 35.1 Å². The number of halogens is 1. The van der Waals surface area contributed by atoms with E-state index in [1.165, 1.54) is 23.5 Å². The van der Waals surface area contributed by atoms with Crippen molar-refractivity contribution in [2.45, 2.75) is 18.8 Å². The number of piperidine rings is 1. The Balaban J connectivity index is 1.30. The third-order valence-electron chi connectivity index (χ3n) is 5.35. The van der Waals surface area contributed by atoms with Crippen LogP contribution in [0.3, 0.4) is 0 Å². The Morgan fingerprint density at radius 3 is 2.68 bits per heavy atom. The lowest BCUT2D eigenvalue weighted by Crippen LogP contribution is -2.39. The molecule has 2 aromatic carbocycles. The summed E-state index contributed by atoms with van der Waals surface area (Å²) in [6, 6.07) is 15.8. The molecule has 0 saturated carbocycles. The van der Waals surface area contributed by atoms with E-state index < -0.39 is 0 Å². The zero-order valence-corrected chi connectivity index (χ0v) is 17.4. The van der Waals surface area contributed by atoms with Crippen LogP contribution in [0.2, 0.25) is 0 Å². The van der Waals surface area contributed by atoms with Crippen LogP contribution >= 0.6 is 11.3 Å². The molecule has 1 amide bonds. The predicted molar refractivity (Wildman–Crippen MR) is 115 cm³/mol. The number of benzene rings is 2. The molecule has 1 aliphatic heterocycles. The number of rotatable bonds is 4. The number of hydrogen-bond acceptors (Lipinski definition) is 6. The van der Waals surface area contributed by atoms with Gasteiger partial charge in [-0.05, 0) is 37.1 Å². The number of hydrogen-bond donors (Lipinski definition) is 0. The second kappa shape index (κ2) is 8.39. The van der Waals surface area contributed by atoms with E-state index >= 15 is 0 Å². The molecule has 1 saturated heterocycles. The lowest BCUT2D eigenvalue weighted by molar-refractivity contribution is 0.0690. The number of carbonyl (C=O) groups excluding carboxylic acids is 1. The van der Waals surface area contributed by atoms with Crippen molar-refractivity contribution in [2.24, 2.45) is 0 Å². The number of amides is 1. The molecule has 1 unspecified atom stereocenters. The Bertz CT molecular complexity index is 1190. The molecule has 31 heavy (non-hydrogen) atoms. The van der Waals surface area contributed by atoms with Gasteiger partial charge in [0.2, 0.25) is 11.7 Å². The molecule has 0 bridgehead atoms. The molecule has 6 nitrogen and oxygen atoms in total. The average molecular weight is 434 g/mol. The normalized spacial score (nSPS) is 16.4. The van der Waals surface area contributed by atoms with Crippen molar-refractivity contribution in [1.29, 1.82) is 0 Å². The quantitative estimate of drug-likeness (QED) is 0.451. The van der Waals surface area contributed by atoms with Crippen LogP contribution in [0.4, 0.5) is 4.39 Å². The standard InChI is InChI=1S/C23H19FN4O2S/c24-18-10-8-15(9-11-18)20-26-21(30-27-20)17-7-4-12-28(13-17)23(29)19-14-31-22(25-19)16-5-2-1-3-6-16/h1-3,5-6,8-11,14,17H,4,7,12-13H2. The maximum absolute atomic E-state index is 13.1. The summed E-state index contributed by atoms with van der Waals surface area (Å²) < 4.78 is 18.6. The summed E-state index contributed by atoms with van der Waals surface area (Å²) in [5.74, 6) is 0.491. The van der Waals surface area contributed by atoms with Crippen LogP contribution in [0.25, 0.3) is 22.0 Å². The van der Waals surface area contributed by atoms with E-state index in [0.717, 1.165) is 23.4 Å². The summed E-state index contributed by atoms with van der Waals surface area (Å²) in [6.45, 7) is 1.18. The van der Waals surface area contributed by atoms with Crippen molar-refractivity contribution in [3.05, 3.63) is 77.4 Å². The van der Waals surface area contributed by atoms with Crippen LogP contribution in [-0.4, -0.2) is 39.0 Å². The zero-order valence-electron chi connectivity index (χ0n) is 16.6. The van der Waals surface area contributed by atoms with E-state index in [2.05, 4.69) is 15.1 Å². The van der Waals surface area contributed by atoms with Crippen LogP contribution < -0.4 is 0 Å². The Hall–Kier alpha value is -3.39. The summed E-state index contributed by atoms with van der Waals surface area (Å²) in [6.07, 6.45) is 1.71. The highest BCUT2D eigenvalue weighted by atomic mass is 32.1. The lowest BCUT2D eigenvalue weighted by Gasteiger charge is -2.30. The van der Waals surface area contributed by atoms with E-state index in [1.807, 2.05) is 35.7 Å². The fraction of sp³-hybridized carbons (Fsp3) is 0.217. The van der Waals surface area contributed by atoms with Crippen molar-refractivity contribution in [2.75, 3.05) is 13.1 Å². The van der Waals surface area contributed by atoms with E-state index in [1.54, 1.807) is 17.0 Å². The van der Waals surface area contributed by atoms with Gasteiger partial charge in [0.1, 0.15) is 16.5 Å². The monoisotopic (exact) mass is 434 g/mol. The molecule has 1 atom stereocenters. The molecule has 2 aromatic heterocycles. The highest BCUT2D eigenvalue weighted by molar-refractivity contribution is 7.13. The highest BCUT2D eigenvalue weighted by Crippen LogP contribution is 2.29. The Morgan fingerprint density at radius 1 is 1.06 bits per heavy atom. The number of aromatic nitrogens is 3. The first-order valence-electron chi connectivity index (χ1n) is 10.1. The number of likely N-dealkylation sites (tertiary alicyclic amines) is 1. The van der Waals surface area contributed by atoms with Crippen LogP contribution in [0, 0.1) is 5.82 Å². The van der Waals surface area contributed by atoms with Gasteiger partial charge in [0.15, 0.2) is 0 Å². The highest BCUT2D eigenvalue weighted by Gasteiger charge is 2.30. The average Bonchev–Trinajstić information content (AvgIpc) is 3.50. The molecule has 0 spiro atoms. The van der Waals surface area contributed by atoms with Crippen LogP contribution in [0.15, 0.2) is 64.5 Å². The predicted octanol–water partition coefficient (Wildman–Crippen LogP) is 5.02. The molecule has 0 N–H and O–H groups in total. The molecule has 1 fully saturated rings. The Labute approximate surface area is 182 Å². The molecule has 156 valence electrons. The number of carbonyl (C=O) groups is 1. The van der Waals surface area contributed by atoms with Crippen LogP contribution in [0.5, 0.6) is 0 Å². The van der Waals surface area contributed by atoms with Crippen molar-refractivity contribution < 1.29 is 13.7 Å². The van der Waals surface area contributed by atoms with Crippen molar-refractivity contribution in [3.8, 4) is 22.0 Å². The topological polar surface area (TPSA) is 72.1 Å². The largest absolute Gasteiger partial charge is 0.339 e. The van der Waals surface area contributed by atoms with Crippen molar-refractivity contribution in [3.63, 3.8) is 0 Å². The first-order valence-corrected chi connectivity index (χ1v) is 10.9. The second-order valence-electron chi connectivity index (χ2n) is 7.46. The van der Waals surface area contributed by atoms with Gasteiger partial charge in [-0.1, -0.05) is 35.5 Å². The molecular weight excluding hydrogens is 415 g/mol. The molecule has 4 aromatic rings. The Kier molecular flexibility index (Phi) is 5.30. The summed E-state index contributed by atoms with van der Waals surface area (Å²) >= 11 is 1.47. The first kappa shape index (κ1) is 19.6. The van der Waals surface area contributed by atoms with E-state index in [0.29, 0.717) is 36.1 Å². The molecule has 3 heterocycles. The molecule has 0 radical (unpaired) electrons. The van der Waals surface area contributed by atoms with Crippen molar-refractivity contribution >= 4 is 17.2 Å². The summed E-state index contributed by atoms with van der Waals surface area (Å²) in [5, 5.41) is 6.68. The van der Waals surface area contributed by atoms with Gasteiger partial charge in [-0.3, -0.25) is 4.79 Å². The van der Waals surface area contributed by atoms with Gasteiger partial charge in [-0.25, -0.2) is 9.37 Å². The van der Waals surface area contributed by atoms with Gasteiger partial charge in [-0.2, -0.15) is 4.98 Å². The fourth-order valence-corrected chi connectivity index (χ4v) is 4.53. The van der Waals surface area contributed by atoms with Crippen molar-refractivity contribution in [1.82, 2.24) is 20.0 Å². The molecule has 1 aliphatic rings. The fourth-order valence-electron chi connectivity index (χ4n) is 3.73. The van der Waals surface area contributed by atoms with Crippen LogP contribution in [-0.2, 0) is 0 Å². The van der Waals surface area contributed by atoms with Gasteiger partial charge in [0, 0.05) is 29.6 Å². The number of nitrogens with zero attached hydrogens (tertiary/aromatic N) is 4. The summed E-state index contributed by atoms with van der Waals surface area (Å²) in [4.78, 5) is 23.9. The minimum absolute atomic E-state index is 0.0355. The number of thiazole rings is 1. The third-order valence-corrected chi connectivity index (χ3v) is 6.24. The summed E-state index contributed by atoms with van der Waals surface area (Å²) in [7, 11) is 0. The zero-order chi connectivity index (χ0) is 21.2. The first-order chi connectivity index (χ1) is 15.2. The van der Waals surface area contributed by atoms with Gasteiger partial charge in [-0.15, -0.1) is 11.3 Å². The molecular formula is C23H19FN4O2S. The van der Waals surface area contributed by atoms with Gasteiger partial charge in [0.05, 0.1) is 5.92 Å². The van der Waals surface area contributed by atoms with E-state index in [-0.39, 0.29) is 17.6 Å². The van der Waals surface area contributed by atoms with Gasteiger partial charge in [0.25, 0.3) is 5.91 Å². The smallest absolute Gasteiger partial charge is 0.273 e. The van der Waals surface area contributed by atoms with Gasteiger partial charge < -0.3 is 9.42 Å². The minimum Gasteiger partial charge on any atom is -0.339 e. The Morgan fingerprint density at radius 2 is 1.87 bits per heavy atom. The molecule has 8 heteroatoms. The maximum Gasteiger partial charge on any atom is 0.273 e. The van der Waals surface area contributed by atoms with E-state index in [4.69, 9.17) is 4.52 Å². The lowest BCUT2D eigenvalue weighted by atomic mass is 9.97. The molecule has 0 aliphatic carbocycles. The summed E-state index contributed by atoms with van der Waals surface area (Å²) in [5.41, 5.74) is 2.15. The third kappa shape index (κ3) is 4.11. The molecule has 5 rings (SSSR count). The second-order valence-corrected chi connectivity index (χ2v) is 8.32.